The molecule has 7 nitrogen and oxygen atoms in total. The standard InChI is InChI=1S/C25H23N3O4S/c1-3-16-9-11-17(12-10-16)19-14-33-23-22(19)24(30)28(15-26-23)13-21(29)27-20-8-6-5-7-18(20)25(31)32-4-2/h5-12,14-15H,3-4,13H2,1-2H3,(H,27,29). The third-order valence-corrected chi connectivity index (χ3v) is 6.13. The van der Waals surface area contributed by atoms with Gasteiger partial charge in [0.15, 0.2) is 0 Å². The monoisotopic (exact) mass is 461 g/mol. The molecule has 0 saturated heterocycles. The van der Waals surface area contributed by atoms with Crippen LogP contribution < -0.4 is 10.9 Å². The normalized spacial score (nSPS) is 10.8. The second kappa shape index (κ2) is 9.79. The summed E-state index contributed by atoms with van der Waals surface area (Å²) >= 11 is 1.40. The van der Waals surface area contributed by atoms with Gasteiger partial charge in [-0.1, -0.05) is 43.3 Å². The van der Waals surface area contributed by atoms with Crippen molar-refractivity contribution in [1.29, 1.82) is 0 Å². The van der Waals surface area contributed by atoms with Crippen LogP contribution in [-0.2, 0) is 22.5 Å². The maximum absolute atomic E-state index is 13.2. The van der Waals surface area contributed by atoms with Gasteiger partial charge in [0.25, 0.3) is 5.56 Å². The number of anilines is 1. The Hall–Kier alpha value is -3.78. The lowest BCUT2D eigenvalue weighted by atomic mass is 10.0. The van der Waals surface area contributed by atoms with E-state index in [4.69, 9.17) is 4.74 Å². The van der Waals surface area contributed by atoms with Gasteiger partial charge in [-0.2, -0.15) is 0 Å². The molecule has 33 heavy (non-hydrogen) atoms. The number of carbonyl (C=O) groups excluding carboxylic acids is 2. The van der Waals surface area contributed by atoms with Crippen LogP contribution in [0.1, 0.15) is 29.8 Å². The fourth-order valence-electron chi connectivity index (χ4n) is 3.54. The number of ether oxygens (including phenoxy) is 1. The summed E-state index contributed by atoms with van der Waals surface area (Å²) in [5, 5.41) is 5.11. The molecule has 0 spiro atoms. The van der Waals surface area contributed by atoms with Crippen LogP contribution in [0.15, 0.2) is 65.0 Å². The fourth-order valence-corrected chi connectivity index (χ4v) is 4.44. The molecule has 0 atom stereocenters. The number of para-hydroxylation sites is 1. The second-order valence-electron chi connectivity index (χ2n) is 7.37. The van der Waals surface area contributed by atoms with E-state index in [1.165, 1.54) is 27.8 Å². The van der Waals surface area contributed by atoms with Crippen LogP contribution in [0, 0.1) is 0 Å². The van der Waals surface area contributed by atoms with Crippen molar-refractivity contribution in [2.45, 2.75) is 26.8 Å². The minimum atomic E-state index is -0.523. The summed E-state index contributed by atoms with van der Waals surface area (Å²) in [5.41, 5.74) is 3.25. The molecule has 4 aromatic rings. The largest absolute Gasteiger partial charge is 0.462 e. The van der Waals surface area contributed by atoms with Gasteiger partial charge >= 0.3 is 5.97 Å². The van der Waals surface area contributed by atoms with E-state index in [9.17, 15) is 14.4 Å². The van der Waals surface area contributed by atoms with Gasteiger partial charge in [0, 0.05) is 10.9 Å². The van der Waals surface area contributed by atoms with E-state index >= 15 is 0 Å². The number of nitrogens with zero attached hydrogens (tertiary/aromatic N) is 2. The molecule has 0 aliphatic carbocycles. The molecule has 0 aliphatic rings. The molecule has 2 aromatic heterocycles. The number of carbonyl (C=O) groups is 2. The number of nitrogens with one attached hydrogen (secondary N) is 1. The number of hydrogen-bond donors (Lipinski definition) is 1. The van der Waals surface area contributed by atoms with Crippen molar-refractivity contribution < 1.29 is 14.3 Å². The summed E-state index contributed by atoms with van der Waals surface area (Å²) in [4.78, 5) is 43.1. The summed E-state index contributed by atoms with van der Waals surface area (Å²) in [6, 6.07) is 14.7. The van der Waals surface area contributed by atoms with Crippen molar-refractivity contribution in [2.24, 2.45) is 0 Å². The Morgan fingerprint density at radius 2 is 1.85 bits per heavy atom. The zero-order valence-corrected chi connectivity index (χ0v) is 19.1. The molecule has 0 saturated carbocycles. The quantitative estimate of drug-likeness (QED) is 0.409. The number of aromatic nitrogens is 2. The molecule has 0 unspecified atom stereocenters. The van der Waals surface area contributed by atoms with Crippen LogP contribution in [0.3, 0.4) is 0 Å². The molecule has 168 valence electrons. The van der Waals surface area contributed by atoms with Crippen molar-refractivity contribution in [3.8, 4) is 11.1 Å². The average molecular weight is 462 g/mol. The first-order valence-electron chi connectivity index (χ1n) is 10.6. The summed E-state index contributed by atoms with van der Waals surface area (Å²) in [6.07, 6.45) is 2.31. The Bertz CT molecular complexity index is 1370. The van der Waals surface area contributed by atoms with Gasteiger partial charge in [0.2, 0.25) is 5.91 Å². The van der Waals surface area contributed by atoms with E-state index in [1.807, 2.05) is 29.6 Å². The molecule has 1 amide bonds. The van der Waals surface area contributed by atoms with Gasteiger partial charge in [-0.25, -0.2) is 9.78 Å². The van der Waals surface area contributed by atoms with Crippen molar-refractivity contribution in [3.05, 3.63) is 81.7 Å². The second-order valence-corrected chi connectivity index (χ2v) is 8.23. The van der Waals surface area contributed by atoms with E-state index in [-0.39, 0.29) is 24.3 Å². The Morgan fingerprint density at radius 1 is 1.09 bits per heavy atom. The highest BCUT2D eigenvalue weighted by atomic mass is 32.1. The Morgan fingerprint density at radius 3 is 2.58 bits per heavy atom. The van der Waals surface area contributed by atoms with Crippen LogP contribution in [0.4, 0.5) is 5.69 Å². The van der Waals surface area contributed by atoms with E-state index < -0.39 is 11.9 Å². The van der Waals surface area contributed by atoms with E-state index in [0.717, 1.165) is 17.5 Å². The van der Waals surface area contributed by atoms with Gasteiger partial charge in [-0.05, 0) is 36.6 Å². The lowest BCUT2D eigenvalue weighted by molar-refractivity contribution is -0.116. The summed E-state index contributed by atoms with van der Waals surface area (Å²) in [6.45, 7) is 3.80. The minimum Gasteiger partial charge on any atom is -0.462 e. The van der Waals surface area contributed by atoms with Gasteiger partial charge in [-0.3, -0.25) is 14.2 Å². The highest BCUT2D eigenvalue weighted by molar-refractivity contribution is 7.17. The highest BCUT2D eigenvalue weighted by Crippen LogP contribution is 2.30. The highest BCUT2D eigenvalue weighted by Gasteiger charge is 2.17. The molecule has 0 radical (unpaired) electrons. The number of thiophene rings is 1. The number of benzene rings is 2. The first kappa shape index (κ1) is 22.4. The number of hydrogen-bond acceptors (Lipinski definition) is 6. The fraction of sp³-hybridized carbons (Fsp3) is 0.200. The summed E-state index contributed by atoms with van der Waals surface area (Å²) in [5.74, 6) is -0.968. The topological polar surface area (TPSA) is 90.3 Å². The molecule has 8 heteroatoms. The molecule has 0 bridgehead atoms. The summed E-state index contributed by atoms with van der Waals surface area (Å²) < 4.78 is 6.32. The number of esters is 1. The Kier molecular flexibility index (Phi) is 6.65. The number of fused-ring (bicyclic) bond motifs is 1. The van der Waals surface area contributed by atoms with Gasteiger partial charge in [0.05, 0.1) is 29.6 Å². The first-order valence-corrected chi connectivity index (χ1v) is 11.5. The van der Waals surface area contributed by atoms with Crippen molar-refractivity contribution in [3.63, 3.8) is 0 Å². The van der Waals surface area contributed by atoms with Crippen LogP contribution >= 0.6 is 11.3 Å². The smallest absolute Gasteiger partial charge is 0.340 e. The molecule has 2 heterocycles. The Balaban J connectivity index is 1.61. The zero-order chi connectivity index (χ0) is 23.4. The van der Waals surface area contributed by atoms with Crippen molar-refractivity contribution in [1.82, 2.24) is 9.55 Å². The van der Waals surface area contributed by atoms with Gasteiger partial charge < -0.3 is 10.1 Å². The van der Waals surface area contributed by atoms with E-state index in [1.54, 1.807) is 31.2 Å². The van der Waals surface area contributed by atoms with Crippen molar-refractivity contribution in [2.75, 3.05) is 11.9 Å². The SMILES string of the molecule is CCOC(=O)c1ccccc1NC(=O)Cn1cnc2scc(-c3ccc(CC)cc3)c2c1=O. The molecule has 2 aromatic carbocycles. The maximum atomic E-state index is 13.2. The third-order valence-electron chi connectivity index (χ3n) is 5.24. The van der Waals surface area contributed by atoms with Crippen molar-refractivity contribution >= 4 is 39.1 Å². The van der Waals surface area contributed by atoms with E-state index in [0.29, 0.717) is 15.9 Å². The lowest BCUT2D eigenvalue weighted by Crippen LogP contribution is -2.28. The third kappa shape index (κ3) is 4.70. The van der Waals surface area contributed by atoms with E-state index in [2.05, 4.69) is 17.2 Å². The van der Waals surface area contributed by atoms with Gasteiger partial charge in [-0.15, -0.1) is 11.3 Å². The number of amides is 1. The minimum absolute atomic E-state index is 0.229. The first-order chi connectivity index (χ1) is 16.0. The zero-order valence-electron chi connectivity index (χ0n) is 18.3. The molecule has 4 rings (SSSR count). The predicted molar refractivity (Wildman–Crippen MR) is 130 cm³/mol. The maximum Gasteiger partial charge on any atom is 0.340 e. The summed E-state index contributed by atoms with van der Waals surface area (Å²) in [7, 11) is 0. The van der Waals surface area contributed by atoms with Crippen LogP contribution in [0.5, 0.6) is 0 Å². The Labute approximate surface area is 194 Å². The predicted octanol–water partition coefficient (Wildman–Crippen LogP) is 4.50. The van der Waals surface area contributed by atoms with Crippen LogP contribution in [0.2, 0.25) is 0 Å². The van der Waals surface area contributed by atoms with Crippen LogP contribution in [-0.4, -0.2) is 28.0 Å². The number of aryl methyl sites for hydroxylation is 1. The average Bonchev–Trinajstić information content (AvgIpc) is 3.26. The molecular formula is C25H23N3O4S. The molecule has 1 N–H and O–H groups in total. The number of rotatable bonds is 7. The van der Waals surface area contributed by atoms with Crippen LogP contribution in [0.25, 0.3) is 21.3 Å². The molecular weight excluding hydrogens is 438 g/mol. The molecule has 0 fully saturated rings. The van der Waals surface area contributed by atoms with Gasteiger partial charge in [0.1, 0.15) is 11.4 Å². The lowest BCUT2D eigenvalue weighted by Gasteiger charge is -2.11. The molecule has 0 aliphatic heterocycles.